The van der Waals surface area contributed by atoms with Gasteiger partial charge in [0.05, 0.1) is 5.71 Å². The topological polar surface area (TPSA) is 32.6 Å². The quantitative estimate of drug-likeness (QED) is 0.572. The Labute approximate surface area is 144 Å². The molecule has 0 bridgehead atoms. The number of rotatable bonds is 4. The number of benzene rings is 3. The lowest BCUT2D eigenvalue weighted by Crippen LogP contribution is -2.18. The molecule has 0 fully saturated rings. The van der Waals surface area contributed by atoms with Crippen molar-refractivity contribution in [2.24, 2.45) is 4.99 Å². The number of phenolic OH excluding ortho intramolecular Hbond substituents is 1. The number of aromatic hydroxyl groups is 1. The molecule has 120 valence electrons. The summed E-state index contributed by atoms with van der Waals surface area (Å²) in [5.41, 5.74) is 4.43. The van der Waals surface area contributed by atoms with E-state index in [-0.39, 0.29) is 0 Å². The molecule has 3 aromatic carbocycles. The van der Waals surface area contributed by atoms with Gasteiger partial charge < -0.3 is 5.11 Å². The lowest BCUT2D eigenvalue weighted by molar-refractivity contribution is 0.480. The fourth-order valence-electron chi connectivity index (χ4n) is 2.75. The van der Waals surface area contributed by atoms with E-state index in [1.165, 1.54) is 10.9 Å². The largest absolute Gasteiger partial charge is 0.507 e. The van der Waals surface area contributed by atoms with Crippen LogP contribution in [0.15, 0.2) is 77.8 Å². The molecule has 2 nitrogen and oxygen atoms in total. The van der Waals surface area contributed by atoms with Crippen molar-refractivity contribution in [2.75, 3.05) is 7.05 Å². The summed E-state index contributed by atoms with van der Waals surface area (Å²) in [6, 6.07) is 24.1. The molecule has 0 heterocycles. The van der Waals surface area contributed by atoms with Crippen LogP contribution >= 0.6 is 8.58 Å². The molecule has 0 aliphatic heterocycles. The van der Waals surface area contributed by atoms with E-state index in [0.29, 0.717) is 14.3 Å². The molecule has 1 atom stereocenters. The summed E-state index contributed by atoms with van der Waals surface area (Å²) in [4.78, 5) is 4.55. The van der Waals surface area contributed by atoms with Crippen LogP contribution in [0.2, 0.25) is 0 Å². The number of aryl methyl sites for hydroxylation is 1. The van der Waals surface area contributed by atoms with Crippen LogP contribution in [-0.2, 0) is 0 Å². The van der Waals surface area contributed by atoms with Crippen molar-refractivity contribution in [2.45, 2.75) is 6.92 Å². The zero-order valence-electron chi connectivity index (χ0n) is 13.8. The normalized spacial score (nSPS) is 12.0. The van der Waals surface area contributed by atoms with Gasteiger partial charge in [0, 0.05) is 23.5 Å². The zero-order valence-corrected chi connectivity index (χ0v) is 14.8. The first-order chi connectivity index (χ1) is 11.7. The summed E-state index contributed by atoms with van der Waals surface area (Å²) in [6.07, 6.45) is 0. The SMILES string of the molecule is C/N=C(\c1ccccc1)c1cccc(C)c1Pc1ccccc1O. The summed E-state index contributed by atoms with van der Waals surface area (Å²) in [7, 11) is 2.21. The summed E-state index contributed by atoms with van der Waals surface area (Å²) >= 11 is 0. The van der Waals surface area contributed by atoms with Crippen LogP contribution in [0.5, 0.6) is 5.75 Å². The molecule has 0 aliphatic rings. The van der Waals surface area contributed by atoms with Crippen LogP contribution in [0.1, 0.15) is 16.7 Å². The number of hydrogen-bond acceptors (Lipinski definition) is 2. The van der Waals surface area contributed by atoms with Crippen molar-refractivity contribution in [3.05, 3.63) is 89.5 Å². The second-order valence-electron chi connectivity index (χ2n) is 5.58. The van der Waals surface area contributed by atoms with Crippen LogP contribution in [-0.4, -0.2) is 17.9 Å². The first kappa shape index (κ1) is 16.4. The standard InChI is InChI=1S/C21H20NOP/c1-15-9-8-12-17(20(22-2)16-10-4-3-5-11-16)21(15)24-19-14-7-6-13-18(19)23/h3-14,23-24H,1-2H3/b22-20+. The molecule has 24 heavy (non-hydrogen) atoms. The highest BCUT2D eigenvalue weighted by Crippen LogP contribution is 2.23. The van der Waals surface area contributed by atoms with Crippen molar-refractivity contribution in [1.82, 2.24) is 0 Å². The highest BCUT2D eigenvalue weighted by molar-refractivity contribution is 7.56. The van der Waals surface area contributed by atoms with Crippen LogP contribution in [0.4, 0.5) is 0 Å². The molecule has 1 unspecified atom stereocenters. The predicted molar refractivity (Wildman–Crippen MR) is 105 cm³/mol. The van der Waals surface area contributed by atoms with Gasteiger partial charge in [-0.1, -0.05) is 75.3 Å². The lowest BCUT2D eigenvalue weighted by Gasteiger charge is -2.15. The van der Waals surface area contributed by atoms with Crippen molar-refractivity contribution < 1.29 is 5.11 Å². The third-order valence-electron chi connectivity index (χ3n) is 3.96. The Morgan fingerprint density at radius 3 is 2.29 bits per heavy atom. The molecule has 0 saturated carbocycles. The van der Waals surface area contributed by atoms with Crippen LogP contribution in [0, 0.1) is 6.92 Å². The van der Waals surface area contributed by atoms with Crippen molar-refractivity contribution in [3.63, 3.8) is 0 Å². The molecule has 0 aromatic heterocycles. The number of nitrogens with zero attached hydrogens (tertiary/aromatic N) is 1. The van der Waals surface area contributed by atoms with Gasteiger partial charge in [-0.2, -0.15) is 0 Å². The van der Waals surface area contributed by atoms with E-state index in [1.54, 1.807) is 6.07 Å². The fourth-order valence-corrected chi connectivity index (χ4v) is 4.02. The molecule has 0 radical (unpaired) electrons. The third-order valence-corrected chi connectivity index (χ3v) is 5.57. The highest BCUT2D eigenvalue weighted by Gasteiger charge is 2.14. The van der Waals surface area contributed by atoms with Gasteiger partial charge in [-0.25, -0.2) is 0 Å². The van der Waals surface area contributed by atoms with E-state index in [9.17, 15) is 5.11 Å². The third kappa shape index (κ3) is 3.39. The second-order valence-corrected chi connectivity index (χ2v) is 6.87. The maximum absolute atomic E-state index is 10.1. The molecule has 1 N–H and O–H groups in total. The van der Waals surface area contributed by atoms with Crippen molar-refractivity contribution >= 4 is 24.9 Å². The molecule has 0 aliphatic carbocycles. The van der Waals surface area contributed by atoms with E-state index in [2.05, 4.69) is 42.2 Å². The summed E-state index contributed by atoms with van der Waals surface area (Å²) in [5, 5.41) is 12.3. The number of para-hydroxylation sites is 1. The van der Waals surface area contributed by atoms with Gasteiger partial charge in [-0.3, -0.25) is 4.99 Å². The van der Waals surface area contributed by atoms with E-state index in [4.69, 9.17) is 0 Å². The Bertz CT molecular complexity index is 872. The van der Waals surface area contributed by atoms with Gasteiger partial charge in [0.1, 0.15) is 5.75 Å². The van der Waals surface area contributed by atoms with Gasteiger partial charge in [0.2, 0.25) is 0 Å². The second kappa shape index (κ2) is 7.42. The van der Waals surface area contributed by atoms with Crippen molar-refractivity contribution in [1.29, 1.82) is 0 Å². The summed E-state index contributed by atoms with van der Waals surface area (Å²) in [6.45, 7) is 2.12. The average Bonchev–Trinajstić information content (AvgIpc) is 2.61. The Morgan fingerprint density at radius 1 is 0.875 bits per heavy atom. The molecular formula is C21H20NOP. The molecular weight excluding hydrogens is 313 g/mol. The lowest BCUT2D eigenvalue weighted by atomic mass is 10.0. The Balaban J connectivity index is 2.10. The fraction of sp³-hybridized carbons (Fsp3) is 0.0952. The Morgan fingerprint density at radius 2 is 1.58 bits per heavy atom. The molecule has 3 rings (SSSR count). The summed E-state index contributed by atoms with van der Waals surface area (Å²) in [5.74, 6) is 0.347. The monoisotopic (exact) mass is 333 g/mol. The van der Waals surface area contributed by atoms with E-state index < -0.39 is 0 Å². The molecule has 0 amide bonds. The van der Waals surface area contributed by atoms with E-state index in [1.807, 2.05) is 43.4 Å². The van der Waals surface area contributed by atoms with Gasteiger partial charge >= 0.3 is 0 Å². The van der Waals surface area contributed by atoms with E-state index in [0.717, 1.165) is 22.1 Å². The van der Waals surface area contributed by atoms with Crippen LogP contribution in [0.25, 0.3) is 0 Å². The van der Waals surface area contributed by atoms with Crippen LogP contribution < -0.4 is 10.6 Å². The van der Waals surface area contributed by atoms with Gasteiger partial charge in [-0.05, 0) is 23.9 Å². The van der Waals surface area contributed by atoms with E-state index >= 15 is 0 Å². The maximum atomic E-state index is 10.1. The summed E-state index contributed by atoms with van der Waals surface area (Å²) < 4.78 is 0. The molecule has 3 heteroatoms. The molecule has 3 aromatic rings. The minimum atomic E-state index is 0.347. The Kier molecular flexibility index (Phi) is 5.08. The maximum Gasteiger partial charge on any atom is 0.123 e. The number of phenols is 1. The molecule has 0 spiro atoms. The molecule has 0 saturated heterocycles. The number of hydrogen-bond donors (Lipinski definition) is 1. The first-order valence-corrected chi connectivity index (χ1v) is 8.88. The average molecular weight is 333 g/mol. The minimum absolute atomic E-state index is 0.347. The smallest absolute Gasteiger partial charge is 0.123 e. The van der Waals surface area contributed by atoms with Gasteiger partial charge in [-0.15, -0.1) is 0 Å². The van der Waals surface area contributed by atoms with Gasteiger partial charge in [0.25, 0.3) is 0 Å². The zero-order chi connectivity index (χ0) is 16.9. The highest BCUT2D eigenvalue weighted by atomic mass is 31.1. The first-order valence-electron chi connectivity index (χ1n) is 7.88. The Hall–Kier alpha value is -2.44. The number of aliphatic imine (C=N–C) groups is 1. The minimum Gasteiger partial charge on any atom is -0.507 e. The predicted octanol–water partition coefficient (Wildman–Crippen LogP) is 3.80. The van der Waals surface area contributed by atoms with Crippen molar-refractivity contribution in [3.8, 4) is 5.75 Å². The van der Waals surface area contributed by atoms with Crippen LogP contribution in [0.3, 0.4) is 0 Å². The van der Waals surface area contributed by atoms with Gasteiger partial charge in [0.15, 0.2) is 0 Å².